The summed E-state index contributed by atoms with van der Waals surface area (Å²) in [6.45, 7) is 8.94. The average Bonchev–Trinajstić information content (AvgIpc) is 2.30. The molecule has 0 aromatic heterocycles. The van der Waals surface area contributed by atoms with Gasteiger partial charge in [0.2, 0.25) is 0 Å². The van der Waals surface area contributed by atoms with Crippen LogP contribution in [0.3, 0.4) is 0 Å². The molecule has 0 bridgehead atoms. The number of benzene rings is 1. The fraction of sp³-hybridized carbons (Fsp3) is 0.600. The van der Waals surface area contributed by atoms with Crippen molar-refractivity contribution in [3.8, 4) is 0 Å². The zero-order valence-electron chi connectivity index (χ0n) is 11.8. The Morgan fingerprint density at radius 3 is 2.47 bits per heavy atom. The standard InChI is InChI=1S/C15H22F2N2/c1-10(2)15-9-19(11(3)7-18-15)8-12-4-13(16)6-14(17)5-12/h4-6,10-11,15,18H,7-9H2,1-3H3. The van der Waals surface area contributed by atoms with Gasteiger partial charge in [0.1, 0.15) is 11.6 Å². The first kappa shape index (κ1) is 14.4. The largest absolute Gasteiger partial charge is 0.311 e. The van der Waals surface area contributed by atoms with Crippen molar-refractivity contribution in [2.24, 2.45) is 5.92 Å². The molecule has 19 heavy (non-hydrogen) atoms. The van der Waals surface area contributed by atoms with Gasteiger partial charge in [0.05, 0.1) is 0 Å². The van der Waals surface area contributed by atoms with Crippen LogP contribution in [-0.4, -0.2) is 30.1 Å². The summed E-state index contributed by atoms with van der Waals surface area (Å²) in [5.41, 5.74) is 0.703. The summed E-state index contributed by atoms with van der Waals surface area (Å²) >= 11 is 0. The lowest BCUT2D eigenvalue weighted by atomic mass is 9.99. The molecule has 2 rings (SSSR count). The van der Waals surface area contributed by atoms with E-state index >= 15 is 0 Å². The molecule has 1 aromatic rings. The minimum Gasteiger partial charge on any atom is -0.311 e. The Morgan fingerprint density at radius 2 is 1.89 bits per heavy atom. The van der Waals surface area contributed by atoms with Gasteiger partial charge in [-0.1, -0.05) is 13.8 Å². The van der Waals surface area contributed by atoms with Crippen LogP contribution in [0.2, 0.25) is 0 Å². The average molecular weight is 268 g/mol. The Bertz CT molecular complexity index is 414. The van der Waals surface area contributed by atoms with Gasteiger partial charge in [-0.15, -0.1) is 0 Å². The van der Waals surface area contributed by atoms with E-state index in [1.807, 2.05) is 0 Å². The third-order valence-electron chi connectivity index (χ3n) is 3.84. The van der Waals surface area contributed by atoms with Crippen molar-refractivity contribution in [2.75, 3.05) is 13.1 Å². The van der Waals surface area contributed by atoms with E-state index in [1.165, 1.54) is 12.1 Å². The van der Waals surface area contributed by atoms with E-state index in [0.29, 0.717) is 30.1 Å². The second kappa shape index (κ2) is 5.97. The Kier molecular flexibility index (Phi) is 4.53. The van der Waals surface area contributed by atoms with E-state index in [-0.39, 0.29) is 0 Å². The highest BCUT2D eigenvalue weighted by Crippen LogP contribution is 2.17. The quantitative estimate of drug-likeness (QED) is 0.907. The van der Waals surface area contributed by atoms with E-state index in [2.05, 4.69) is 31.0 Å². The summed E-state index contributed by atoms with van der Waals surface area (Å²) in [5.74, 6) is -0.448. The summed E-state index contributed by atoms with van der Waals surface area (Å²) in [6, 6.07) is 4.57. The van der Waals surface area contributed by atoms with E-state index in [9.17, 15) is 8.78 Å². The molecular weight excluding hydrogens is 246 g/mol. The zero-order valence-corrected chi connectivity index (χ0v) is 11.8. The second-order valence-electron chi connectivity index (χ2n) is 5.81. The number of rotatable bonds is 3. The topological polar surface area (TPSA) is 15.3 Å². The van der Waals surface area contributed by atoms with Gasteiger partial charge >= 0.3 is 0 Å². The fourth-order valence-corrected chi connectivity index (χ4v) is 2.55. The molecule has 1 fully saturated rings. The monoisotopic (exact) mass is 268 g/mol. The van der Waals surface area contributed by atoms with Crippen LogP contribution in [0.15, 0.2) is 18.2 Å². The Morgan fingerprint density at radius 1 is 1.26 bits per heavy atom. The van der Waals surface area contributed by atoms with Gasteiger partial charge in [0.15, 0.2) is 0 Å². The smallest absolute Gasteiger partial charge is 0.126 e. The lowest BCUT2D eigenvalue weighted by Gasteiger charge is -2.40. The van der Waals surface area contributed by atoms with Crippen LogP contribution >= 0.6 is 0 Å². The minimum atomic E-state index is -0.502. The molecule has 1 aliphatic rings. The normalized spacial score (nSPS) is 24.9. The molecule has 2 unspecified atom stereocenters. The first-order chi connectivity index (χ1) is 8.95. The Hall–Kier alpha value is -1.00. The number of piperazine rings is 1. The molecule has 1 aliphatic heterocycles. The van der Waals surface area contributed by atoms with Crippen LogP contribution in [0.4, 0.5) is 8.78 Å². The fourth-order valence-electron chi connectivity index (χ4n) is 2.55. The molecule has 2 nitrogen and oxygen atoms in total. The molecule has 1 N–H and O–H groups in total. The van der Waals surface area contributed by atoms with E-state index in [0.717, 1.165) is 19.2 Å². The summed E-state index contributed by atoms with van der Waals surface area (Å²) in [6.07, 6.45) is 0. The second-order valence-corrected chi connectivity index (χ2v) is 5.81. The van der Waals surface area contributed by atoms with Crippen molar-refractivity contribution in [3.05, 3.63) is 35.4 Å². The summed E-state index contributed by atoms with van der Waals surface area (Å²) < 4.78 is 26.4. The third-order valence-corrected chi connectivity index (χ3v) is 3.84. The Labute approximate surface area is 113 Å². The van der Waals surface area contributed by atoms with E-state index in [4.69, 9.17) is 0 Å². The van der Waals surface area contributed by atoms with Crippen LogP contribution in [0.5, 0.6) is 0 Å². The highest BCUT2D eigenvalue weighted by atomic mass is 19.1. The molecule has 106 valence electrons. The minimum absolute atomic E-state index is 0.376. The van der Waals surface area contributed by atoms with Gasteiger partial charge < -0.3 is 5.32 Å². The molecule has 2 atom stereocenters. The van der Waals surface area contributed by atoms with Crippen LogP contribution in [0, 0.1) is 17.6 Å². The number of nitrogens with one attached hydrogen (secondary N) is 1. The van der Waals surface area contributed by atoms with Crippen molar-refractivity contribution in [1.82, 2.24) is 10.2 Å². The van der Waals surface area contributed by atoms with E-state index < -0.39 is 11.6 Å². The van der Waals surface area contributed by atoms with Gasteiger partial charge in [-0.25, -0.2) is 8.78 Å². The molecule has 4 heteroatoms. The zero-order chi connectivity index (χ0) is 14.0. The van der Waals surface area contributed by atoms with Crippen molar-refractivity contribution in [2.45, 2.75) is 39.4 Å². The molecule has 1 aromatic carbocycles. The maximum atomic E-state index is 13.2. The van der Waals surface area contributed by atoms with Gasteiger partial charge in [0, 0.05) is 37.8 Å². The lowest BCUT2D eigenvalue weighted by molar-refractivity contribution is 0.116. The Balaban J connectivity index is 2.07. The van der Waals surface area contributed by atoms with Gasteiger partial charge in [-0.2, -0.15) is 0 Å². The maximum absolute atomic E-state index is 13.2. The molecule has 1 heterocycles. The van der Waals surface area contributed by atoms with Crippen molar-refractivity contribution < 1.29 is 8.78 Å². The molecular formula is C15H22F2N2. The van der Waals surface area contributed by atoms with Crippen LogP contribution in [-0.2, 0) is 6.54 Å². The number of hydrogen-bond donors (Lipinski definition) is 1. The predicted molar refractivity (Wildman–Crippen MR) is 72.9 cm³/mol. The van der Waals surface area contributed by atoms with Crippen molar-refractivity contribution in [3.63, 3.8) is 0 Å². The maximum Gasteiger partial charge on any atom is 0.126 e. The number of halogens is 2. The van der Waals surface area contributed by atoms with Crippen LogP contribution < -0.4 is 5.32 Å². The highest BCUT2D eigenvalue weighted by Gasteiger charge is 2.26. The molecule has 0 aliphatic carbocycles. The molecule has 1 saturated heterocycles. The van der Waals surface area contributed by atoms with Gasteiger partial charge in [-0.3, -0.25) is 4.90 Å². The number of nitrogens with zero attached hydrogens (tertiary/aromatic N) is 1. The van der Waals surface area contributed by atoms with Gasteiger partial charge in [-0.05, 0) is 30.5 Å². The predicted octanol–water partition coefficient (Wildman–Crippen LogP) is 2.78. The molecule has 0 saturated carbocycles. The first-order valence-electron chi connectivity index (χ1n) is 6.88. The molecule has 0 amide bonds. The summed E-state index contributed by atoms with van der Waals surface area (Å²) in [7, 11) is 0. The van der Waals surface area contributed by atoms with Crippen molar-refractivity contribution in [1.29, 1.82) is 0 Å². The number of hydrogen-bond acceptors (Lipinski definition) is 2. The van der Waals surface area contributed by atoms with E-state index in [1.54, 1.807) is 0 Å². The highest BCUT2D eigenvalue weighted by molar-refractivity contribution is 5.18. The third kappa shape index (κ3) is 3.74. The van der Waals surface area contributed by atoms with Gasteiger partial charge in [0.25, 0.3) is 0 Å². The summed E-state index contributed by atoms with van der Waals surface area (Å²) in [4.78, 5) is 2.29. The molecule has 0 radical (unpaired) electrons. The SMILES string of the molecule is CC(C)C1CN(Cc2cc(F)cc(F)c2)C(C)CN1. The molecule has 0 spiro atoms. The van der Waals surface area contributed by atoms with Crippen LogP contribution in [0.25, 0.3) is 0 Å². The lowest BCUT2D eigenvalue weighted by Crippen LogP contribution is -2.56. The van der Waals surface area contributed by atoms with Crippen LogP contribution in [0.1, 0.15) is 26.3 Å². The first-order valence-corrected chi connectivity index (χ1v) is 6.88. The van der Waals surface area contributed by atoms with Crippen molar-refractivity contribution >= 4 is 0 Å². The summed E-state index contributed by atoms with van der Waals surface area (Å²) in [5, 5.41) is 3.52.